The van der Waals surface area contributed by atoms with E-state index in [9.17, 15) is 36.3 Å². The molecule has 3 aliphatic rings. The number of aliphatic hydroxyl groups is 1. The first-order valence-corrected chi connectivity index (χ1v) is 13.0. The predicted octanol–water partition coefficient (Wildman–Crippen LogP) is 4.70. The molecule has 2 aromatic rings. The van der Waals surface area contributed by atoms with Crippen molar-refractivity contribution < 1.29 is 36.3 Å². The van der Waals surface area contributed by atoms with Crippen molar-refractivity contribution in [2.75, 3.05) is 10.6 Å². The average molecular weight is 534 g/mol. The molecule has 0 radical (unpaired) electrons. The highest BCUT2D eigenvalue weighted by molar-refractivity contribution is 7.90. The van der Waals surface area contributed by atoms with Gasteiger partial charge < -0.3 is 15.7 Å². The first-order chi connectivity index (χ1) is 17.3. The Morgan fingerprint density at radius 1 is 1.22 bits per heavy atom. The summed E-state index contributed by atoms with van der Waals surface area (Å²) < 4.78 is 67.6. The molecule has 0 saturated heterocycles. The second-order valence-electron chi connectivity index (χ2n) is 9.63. The van der Waals surface area contributed by atoms with Crippen LogP contribution in [0.3, 0.4) is 0 Å². The molecule has 1 amide bonds. The summed E-state index contributed by atoms with van der Waals surface area (Å²) in [5.74, 6) is -3.21. The number of carbonyl (C=O) groups is 2. The van der Waals surface area contributed by atoms with E-state index in [0.717, 1.165) is 37.5 Å². The van der Waals surface area contributed by atoms with Gasteiger partial charge in [-0.1, -0.05) is 43.5 Å². The Bertz CT molecular complexity index is 1510. The van der Waals surface area contributed by atoms with Crippen LogP contribution in [0.1, 0.15) is 43.7 Å². The average Bonchev–Trinajstić information content (AvgIpc) is 2.80. The van der Waals surface area contributed by atoms with Crippen molar-refractivity contribution in [3.63, 3.8) is 0 Å². The standard InChI is InChI=1S/C25H22F3N3O5S/c1-24(12-13-5-4-6-13)16-8-3-2-7-15(16)20(32)19(21(24)33)22-30-17-10-9-14(29-23(34)25(26,27)28)11-18(17)37(35,36)31-22/h2-3,7-11,13,32H,4-6,12H2,1H3,(H,29,34)(H,30,31). The van der Waals surface area contributed by atoms with Gasteiger partial charge in [-0.05, 0) is 43.0 Å². The lowest BCUT2D eigenvalue weighted by atomic mass is 9.63. The smallest absolute Gasteiger partial charge is 0.471 e. The van der Waals surface area contributed by atoms with E-state index >= 15 is 0 Å². The second-order valence-corrected chi connectivity index (χ2v) is 11.2. The van der Waals surface area contributed by atoms with E-state index in [1.165, 1.54) is 0 Å². The highest BCUT2D eigenvalue weighted by Crippen LogP contribution is 2.47. The fraction of sp³-hybridized carbons (Fsp3) is 0.320. The topological polar surface area (TPSA) is 125 Å². The summed E-state index contributed by atoms with van der Waals surface area (Å²) in [6.07, 6.45) is -1.61. The monoisotopic (exact) mass is 533 g/mol. The number of ketones is 1. The van der Waals surface area contributed by atoms with E-state index < -0.39 is 49.6 Å². The maximum atomic E-state index is 13.9. The van der Waals surface area contributed by atoms with Crippen molar-refractivity contribution in [3.05, 3.63) is 59.2 Å². The number of sulfonamides is 1. The number of amidine groups is 1. The van der Waals surface area contributed by atoms with Crippen LogP contribution in [0.25, 0.3) is 5.76 Å². The zero-order valence-electron chi connectivity index (χ0n) is 19.5. The maximum Gasteiger partial charge on any atom is 0.471 e. The van der Waals surface area contributed by atoms with E-state index in [4.69, 9.17) is 0 Å². The number of hydrogen-bond acceptors (Lipinski definition) is 6. The summed E-state index contributed by atoms with van der Waals surface area (Å²) in [4.78, 5) is 24.7. The van der Waals surface area contributed by atoms with Gasteiger partial charge in [0.2, 0.25) is 0 Å². The Labute approximate surface area is 210 Å². The third-order valence-corrected chi connectivity index (χ3v) is 8.46. The van der Waals surface area contributed by atoms with E-state index in [0.29, 0.717) is 23.5 Å². The van der Waals surface area contributed by atoms with Crippen LogP contribution in [0.5, 0.6) is 0 Å². The Morgan fingerprint density at radius 2 is 1.92 bits per heavy atom. The summed E-state index contributed by atoms with van der Waals surface area (Å²) in [5, 5.41) is 15.5. The van der Waals surface area contributed by atoms with Crippen molar-refractivity contribution in [2.45, 2.75) is 49.1 Å². The quantitative estimate of drug-likeness (QED) is 0.523. The zero-order chi connectivity index (χ0) is 26.8. The molecule has 2 aliphatic carbocycles. The second kappa shape index (κ2) is 8.44. The van der Waals surface area contributed by atoms with Crippen molar-refractivity contribution in [1.29, 1.82) is 0 Å². The molecule has 5 rings (SSSR count). The van der Waals surface area contributed by atoms with Gasteiger partial charge in [0.15, 0.2) is 11.6 Å². The van der Waals surface area contributed by atoms with Crippen molar-refractivity contribution in [3.8, 4) is 0 Å². The molecule has 1 saturated carbocycles. The van der Waals surface area contributed by atoms with Gasteiger partial charge in [-0.15, -0.1) is 4.40 Å². The summed E-state index contributed by atoms with van der Waals surface area (Å²) >= 11 is 0. The molecular formula is C25H22F3N3O5S. The lowest BCUT2D eigenvalue weighted by Gasteiger charge is -2.40. The summed E-state index contributed by atoms with van der Waals surface area (Å²) in [7, 11) is -4.52. The molecule has 2 aromatic carbocycles. The molecule has 0 bridgehead atoms. The molecule has 8 nitrogen and oxygen atoms in total. The Hall–Kier alpha value is -3.67. The van der Waals surface area contributed by atoms with Crippen LogP contribution in [0, 0.1) is 5.92 Å². The molecule has 1 heterocycles. The lowest BCUT2D eigenvalue weighted by molar-refractivity contribution is -0.167. The minimum Gasteiger partial charge on any atom is -0.506 e. The van der Waals surface area contributed by atoms with Crippen molar-refractivity contribution in [2.24, 2.45) is 10.3 Å². The van der Waals surface area contributed by atoms with Gasteiger partial charge in [0.05, 0.1) is 11.1 Å². The molecule has 37 heavy (non-hydrogen) atoms. The van der Waals surface area contributed by atoms with Crippen molar-refractivity contribution >= 4 is 44.7 Å². The van der Waals surface area contributed by atoms with Crippen LogP contribution in [0.2, 0.25) is 0 Å². The van der Waals surface area contributed by atoms with E-state index in [2.05, 4.69) is 9.71 Å². The van der Waals surface area contributed by atoms with Gasteiger partial charge in [0.1, 0.15) is 16.2 Å². The van der Waals surface area contributed by atoms with Gasteiger partial charge in [-0.25, -0.2) is 0 Å². The van der Waals surface area contributed by atoms with Gasteiger partial charge in [-0.2, -0.15) is 21.6 Å². The minimum atomic E-state index is -5.16. The van der Waals surface area contributed by atoms with Gasteiger partial charge in [0.25, 0.3) is 10.0 Å². The minimum absolute atomic E-state index is 0.0670. The summed E-state index contributed by atoms with van der Waals surface area (Å²) in [6, 6.07) is 9.98. The van der Waals surface area contributed by atoms with Crippen LogP contribution >= 0.6 is 0 Å². The number of hydrogen-bond donors (Lipinski definition) is 3. The fourth-order valence-corrected chi connectivity index (χ4v) is 6.20. The molecule has 12 heteroatoms. The Balaban J connectivity index is 1.56. The number of fused-ring (bicyclic) bond motifs is 2. The van der Waals surface area contributed by atoms with Crippen LogP contribution in [0.15, 0.2) is 57.3 Å². The molecule has 1 fully saturated rings. The number of rotatable bonds is 4. The zero-order valence-corrected chi connectivity index (χ0v) is 20.3. The number of nitrogens with zero attached hydrogens (tertiary/aromatic N) is 1. The number of carbonyl (C=O) groups excluding carboxylic acids is 2. The van der Waals surface area contributed by atoms with Gasteiger partial charge in [0, 0.05) is 11.3 Å². The number of Topliss-reactive ketones (excluding diaryl/α,β-unsaturated/α-hetero) is 1. The number of anilines is 2. The molecule has 0 spiro atoms. The normalized spacial score (nSPS) is 22.8. The van der Waals surface area contributed by atoms with Crippen LogP contribution in [-0.2, 0) is 25.0 Å². The first-order valence-electron chi connectivity index (χ1n) is 11.5. The van der Waals surface area contributed by atoms with Crippen LogP contribution in [-0.4, -0.2) is 37.2 Å². The van der Waals surface area contributed by atoms with E-state index in [1.807, 2.05) is 0 Å². The van der Waals surface area contributed by atoms with E-state index in [-0.39, 0.29) is 17.1 Å². The summed E-state index contributed by atoms with van der Waals surface area (Å²) in [6.45, 7) is 1.78. The molecule has 1 atom stereocenters. The maximum absolute atomic E-state index is 13.9. The van der Waals surface area contributed by atoms with Crippen LogP contribution in [0.4, 0.5) is 24.5 Å². The molecule has 3 N–H and O–H groups in total. The SMILES string of the molecule is CC1(CC2CCC2)C(=O)C(C2=NS(=O)(=O)c3cc(NC(=O)C(F)(F)F)ccc3N2)=C(O)c2ccccc21. The number of amides is 1. The third-order valence-electron chi connectivity index (χ3n) is 7.14. The number of nitrogens with one attached hydrogen (secondary N) is 2. The summed E-state index contributed by atoms with van der Waals surface area (Å²) in [5.41, 5.74) is -0.715. The van der Waals surface area contributed by atoms with Crippen molar-refractivity contribution in [1.82, 2.24) is 0 Å². The highest BCUT2D eigenvalue weighted by atomic mass is 32.2. The van der Waals surface area contributed by atoms with Crippen LogP contribution < -0.4 is 10.6 Å². The lowest BCUT2D eigenvalue weighted by Crippen LogP contribution is -2.44. The highest BCUT2D eigenvalue weighted by Gasteiger charge is 2.48. The number of benzene rings is 2. The largest absolute Gasteiger partial charge is 0.506 e. The Morgan fingerprint density at radius 3 is 2.57 bits per heavy atom. The molecule has 194 valence electrons. The van der Waals surface area contributed by atoms with E-state index in [1.54, 1.807) is 36.5 Å². The molecule has 1 unspecified atom stereocenters. The number of aliphatic hydroxyl groups excluding tert-OH is 1. The third kappa shape index (κ3) is 4.18. The van der Waals surface area contributed by atoms with Gasteiger partial charge in [-0.3, -0.25) is 9.59 Å². The number of halogens is 3. The molecule has 1 aliphatic heterocycles. The first kappa shape index (κ1) is 25.0. The molecule has 0 aromatic heterocycles. The Kier molecular flexibility index (Phi) is 5.70. The fourth-order valence-electron chi connectivity index (χ4n) is 5.05. The number of alkyl halides is 3. The predicted molar refractivity (Wildman–Crippen MR) is 130 cm³/mol. The van der Waals surface area contributed by atoms with Gasteiger partial charge >= 0.3 is 12.1 Å². The molecular weight excluding hydrogens is 511 g/mol.